The third-order valence-corrected chi connectivity index (χ3v) is 3.49. The largest absolute Gasteiger partial charge is 0.368 e. The van der Waals surface area contributed by atoms with Gasteiger partial charge in [0, 0.05) is 24.7 Å². The highest BCUT2D eigenvalue weighted by molar-refractivity contribution is 5.88. The third kappa shape index (κ3) is 3.79. The first-order valence-electron chi connectivity index (χ1n) is 6.92. The first-order valence-corrected chi connectivity index (χ1v) is 6.92. The zero-order valence-corrected chi connectivity index (χ0v) is 11.9. The van der Waals surface area contributed by atoms with Gasteiger partial charge in [-0.25, -0.2) is 0 Å². The van der Waals surface area contributed by atoms with E-state index in [1.165, 1.54) is 18.2 Å². The van der Waals surface area contributed by atoms with Gasteiger partial charge in [-0.05, 0) is 12.8 Å². The number of nitrogens with two attached hydrogens (primary N) is 1. The molecule has 0 aliphatic carbocycles. The number of carbonyl (C=O) groups is 2. The fraction of sp³-hybridized carbons (Fsp3) is 0.429. The Kier molecular flexibility index (Phi) is 5.05. The number of hydrogen-bond acceptors (Lipinski definition) is 5. The number of benzene rings is 1. The van der Waals surface area contributed by atoms with Crippen molar-refractivity contribution in [1.29, 1.82) is 0 Å². The molecule has 0 saturated carbocycles. The molecular weight excluding hydrogens is 290 g/mol. The third-order valence-electron chi connectivity index (χ3n) is 3.49. The summed E-state index contributed by atoms with van der Waals surface area (Å²) in [6, 6.07) is 5.02. The molecule has 1 saturated heterocycles. The Labute approximate surface area is 126 Å². The first kappa shape index (κ1) is 15.9. The van der Waals surface area contributed by atoms with Crippen molar-refractivity contribution < 1.29 is 19.2 Å². The van der Waals surface area contributed by atoms with Gasteiger partial charge in [0.25, 0.3) is 5.69 Å². The van der Waals surface area contributed by atoms with E-state index in [0.29, 0.717) is 18.6 Å². The van der Waals surface area contributed by atoms with E-state index in [4.69, 9.17) is 10.5 Å². The Morgan fingerprint density at radius 1 is 1.45 bits per heavy atom. The SMILES string of the molecule is NC(=O)[C@H](Cc1ccccc1[N+](=O)[O-])NC(=O)[C@H]1CCCO1. The Morgan fingerprint density at radius 3 is 2.77 bits per heavy atom. The van der Waals surface area contributed by atoms with E-state index in [1.807, 2.05) is 0 Å². The van der Waals surface area contributed by atoms with Gasteiger partial charge in [-0.2, -0.15) is 0 Å². The van der Waals surface area contributed by atoms with E-state index in [-0.39, 0.29) is 12.1 Å². The number of carbonyl (C=O) groups excluding carboxylic acids is 2. The van der Waals surface area contributed by atoms with Crippen LogP contribution in [0.4, 0.5) is 5.69 Å². The maximum absolute atomic E-state index is 12.0. The summed E-state index contributed by atoms with van der Waals surface area (Å²) in [7, 11) is 0. The van der Waals surface area contributed by atoms with Gasteiger partial charge in [0.2, 0.25) is 11.8 Å². The standard InChI is InChI=1S/C14H17N3O5/c15-13(18)10(16-14(19)12-6-3-7-22-12)8-9-4-1-2-5-11(9)17(20)21/h1-2,4-5,10,12H,3,6-8H2,(H2,15,18)(H,16,19)/t10-,12+/m0/s1. The van der Waals surface area contributed by atoms with Gasteiger partial charge in [0.1, 0.15) is 12.1 Å². The van der Waals surface area contributed by atoms with Crippen LogP contribution >= 0.6 is 0 Å². The minimum atomic E-state index is -1.02. The predicted octanol–water partition coefficient (Wildman–Crippen LogP) is 0.286. The van der Waals surface area contributed by atoms with Crippen molar-refractivity contribution in [3.8, 4) is 0 Å². The molecule has 0 aromatic heterocycles. The molecule has 1 fully saturated rings. The fourth-order valence-corrected chi connectivity index (χ4v) is 2.35. The van der Waals surface area contributed by atoms with Gasteiger partial charge in [-0.3, -0.25) is 19.7 Å². The highest BCUT2D eigenvalue weighted by Gasteiger charge is 2.28. The van der Waals surface area contributed by atoms with Crippen LogP contribution in [0.3, 0.4) is 0 Å². The molecule has 0 radical (unpaired) electrons. The van der Waals surface area contributed by atoms with Crippen LogP contribution in [-0.2, 0) is 20.7 Å². The molecule has 3 N–H and O–H groups in total. The number of hydrogen-bond donors (Lipinski definition) is 2. The molecule has 0 unspecified atom stereocenters. The van der Waals surface area contributed by atoms with Gasteiger partial charge < -0.3 is 15.8 Å². The lowest BCUT2D eigenvalue weighted by atomic mass is 10.0. The van der Waals surface area contributed by atoms with E-state index in [2.05, 4.69) is 5.32 Å². The summed E-state index contributed by atoms with van der Waals surface area (Å²) < 4.78 is 5.24. The second-order valence-corrected chi connectivity index (χ2v) is 5.06. The fourth-order valence-electron chi connectivity index (χ4n) is 2.35. The summed E-state index contributed by atoms with van der Waals surface area (Å²) in [5, 5.41) is 13.5. The summed E-state index contributed by atoms with van der Waals surface area (Å²) in [5.41, 5.74) is 5.52. The Balaban J connectivity index is 2.10. The van der Waals surface area contributed by atoms with Crippen LogP contribution < -0.4 is 11.1 Å². The van der Waals surface area contributed by atoms with E-state index in [1.54, 1.807) is 6.07 Å². The molecule has 8 nitrogen and oxygen atoms in total. The second-order valence-electron chi connectivity index (χ2n) is 5.06. The van der Waals surface area contributed by atoms with Gasteiger partial charge in [-0.1, -0.05) is 18.2 Å². The number of nitrogens with one attached hydrogen (secondary N) is 1. The van der Waals surface area contributed by atoms with Crippen LogP contribution in [0.25, 0.3) is 0 Å². The second kappa shape index (κ2) is 6.99. The highest BCUT2D eigenvalue weighted by atomic mass is 16.6. The van der Waals surface area contributed by atoms with E-state index >= 15 is 0 Å². The molecule has 2 rings (SSSR count). The lowest BCUT2D eigenvalue weighted by Crippen LogP contribution is -2.49. The lowest BCUT2D eigenvalue weighted by Gasteiger charge is -2.18. The summed E-state index contributed by atoms with van der Waals surface area (Å²) in [6.07, 6.45) is 0.740. The molecule has 1 aliphatic rings. The summed E-state index contributed by atoms with van der Waals surface area (Å²) in [4.78, 5) is 34.0. The summed E-state index contributed by atoms with van der Waals surface area (Å²) in [5.74, 6) is -1.16. The van der Waals surface area contributed by atoms with E-state index in [0.717, 1.165) is 6.42 Å². The number of primary amides is 1. The van der Waals surface area contributed by atoms with Crippen LogP contribution in [0.15, 0.2) is 24.3 Å². The number of para-hydroxylation sites is 1. The average Bonchev–Trinajstić information content (AvgIpc) is 3.01. The number of amides is 2. The zero-order valence-electron chi connectivity index (χ0n) is 11.9. The molecule has 2 amide bonds. The van der Waals surface area contributed by atoms with Gasteiger partial charge in [0.15, 0.2) is 0 Å². The Hall–Kier alpha value is -2.48. The number of nitro benzene ring substituents is 1. The van der Waals surface area contributed by atoms with Crippen molar-refractivity contribution in [1.82, 2.24) is 5.32 Å². The van der Waals surface area contributed by atoms with Crippen LogP contribution in [0.2, 0.25) is 0 Å². The van der Waals surface area contributed by atoms with Gasteiger partial charge >= 0.3 is 0 Å². The van der Waals surface area contributed by atoms with Crippen LogP contribution in [0, 0.1) is 10.1 Å². The molecule has 0 spiro atoms. The molecular formula is C14H17N3O5. The van der Waals surface area contributed by atoms with Crippen molar-refractivity contribution in [2.45, 2.75) is 31.4 Å². The van der Waals surface area contributed by atoms with Crippen molar-refractivity contribution >= 4 is 17.5 Å². The summed E-state index contributed by atoms with van der Waals surface area (Å²) in [6.45, 7) is 0.503. The molecule has 2 atom stereocenters. The quantitative estimate of drug-likeness (QED) is 0.577. The normalized spacial score (nSPS) is 18.6. The molecule has 8 heteroatoms. The molecule has 1 aromatic carbocycles. The Morgan fingerprint density at radius 2 is 2.18 bits per heavy atom. The van der Waals surface area contributed by atoms with Crippen LogP contribution in [0.1, 0.15) is 18.4 Å². The molecule has 0 bridgehead atoms. The Bertz CT molecular complexity index is 584. The zero-order chi connectivity index (χ0) is 16.1. The van der Waals surface area contributed by atoms with Crippen LogP contribution in [-0.4, -0.2) is 35.5 Å². The van der Waals surface area contributed by atoms with Gasteiger partial charge in [0.05, 0.1) is 4.92 Å². The maximum Gasteiger partial charge on any atom is 0.272 e. The molecule has 1 aliphatic heterocycles. The molecule has 22 heavy (non-hydrogen) atoms. The number of ether oxygens (including phenoxy) is 1. The molecule has 118 valence electrons. The van der Waals surface area contributed by atoms with E-state index < -0.39 is 28.9 Å². The molecule has 1 heterocycles. The average molecular weight is 307 g/mol. The monoisotopic (exact) mass is 307 g/mol. The van der Waals surface area contributed by atoms with Crippen molar-refractivity contribution in [3.63, 3.8) is 0 Å². The topological polar surface area (TPSA) is 125 Å². The summed E-state index contributed by atoms with van der Waals surface area (Å²) >= 11 is 0. The van der Waals surface area contributed by atoms with E-state index in [9.17, 15) is 19.7 Å². The smallest absolute Gasteiger partial charge is 0.272 e. The van der Waals surface area contributed by atoms with Crippen molar-refractivity contribution in [2.24, 2.45) is 5.73 Å². The number of nitro groups is 1. The number of rotatable bonds is 6. The maximum atomic E-state index is 12.0. The predicted molar refractivity (Wildman–Crippen MR) is 76.9 cm³/mol. The lowest BCUT2D eigenvalue weighted by molar-refractivity contribution is -0.385. The first-order chi connectivity index (χ1) is 10.5. The van der Waals surface area contributed by atoms with Crippen molar-refractivity contribution in [3.05, 3.63) is 39.9 Å². The minimum absolute atomic E-state index is 0.0368. The van der Waals surface area contributed by atoms with Gasteiger partial charge in [-0.15, -0.1) is 0 Å². The number of nitrogens with zero attached hydrogens (tertiary/aromatic N) is 1. The molecule has 1 aromatic rings. The highest BCUT2D eigenvalue weighted by Crippen LogP contribution is 2.19. The van der Waals surface area contributed by atoms with Crippen LogP contribution in [0.5, 0.6) is 0 Å². The minimum Gasteiger partial charge on any atom is -0.368 e. The van der Waals surface area contributed by atoms with Crippen molar-refractivity contribution in [2.75, 3.05) is 6.61 Å².